The Morgan fingerprint density at radius 3 is 2.24 bits per heavy atom. The van der Waals surface area contributed by atoms with E-state index in [1.165, 1.54) is 7.11 Å². The summed E-state index contributed by atoms with van der Waals surface area (Å²) in [5, 5.41) is 9.27. The molecule has 0 aromatic rings. The van der Waals surface area contributed by atoms with Gasteiger partial charge in [-0.25, -0.2) is 4.79 Å². The lowest BCUT2D eigenvalue weighted by Gasteiger charge is -2.22. The molecule has 1 saturated heterocycles. The fourth-order valence-corrected chi connectivity index (χ4v) is 2.85. The van der Waals surface area contributed by atoms with Crippen molar-refractivity contribution in [2.45, 2.75) is 31.7 Å². The third-order valence-electron chi connectivity index (χ3n) is 3.99. The van der Waals surface area contributed by atoms with Gasteiger partial charge in [-0.1, -0.05) is 12.2 Å². The quantitative estimate of drug-likeness (QED) is 0.446. The zero-order valence-corrected chi connectivity index (χ0v) is 11.7. The highest BCUT2D eigenvalue weighted by Crippen LogP contribution is 2.36. The zero-order chi connectivity index (χ0) is 15.6. The van der Waals surface area contributed by atoms with Gasteiger partial charge in [0.2, 0.25) is 11.8 Å². The third kappa shape index (κ3) is 2.81. The molecule has 2 rings (SSSR count). The van der Waals surface area contributed by atoms with Crippen LogP contribution in [0.1, 0.15) is 25.7 Å². The molecule has 7 nitrogen and oxygen atoms in total. The van der Waals surface area contributed by atoms with Crippen molar-refractivity contribution in [3.63, 3.8) is 0 Å². The molecule has 1 N–H and O–H groups in total. The molecule has 1 aliphatic heterocycles. The molecule has 3 unspecified atom stereocenters. The standard InChI is InChI=1S/C14H17NO6/c1-21-11(16)7-6-10(14(19)20)15-12(17)8-4-2-3-5-9(8)13(15)18/h2-3,8-10H,4-7H2,1H3,(H,19,20). The van der Waals surface area contributed by atoms with Gasteiger partial charge in [0.25, 0.3) is 0 Å². The number of likely N-dealkylation sites (tertiary alicyclic amines) is 1. The first-order valence-corrected chi connectivity index (χ1v) is 6.79. The van der Waals surface area contributed by atoms with Gasteiger partial charge in [0.1, 0.15) is 6.04 Å². The van der Waals surface area contributed by atoms with Crippen LogP contribution in [0.5, 0.6) is 0 Å². The summed E-state index contributed by atoms with van der Waals surface area (Å²) in [5.41, 5.74) is 0. The lowest BCUT2D eigenvalue weighted by Crippen LogP contribution is -2.45. The monoisotopic (exact) mass is 295 g/mol. The van der Waals surface area contributed by atoms with Crippen molar-refractivity contribution in [2.75, 3.05) is 7.11 Å². The summed E-state index contributed by atoms with van der Waals surface area (Å²) in [6.07, 6.45) is 4.29. The Bertz CT molecular complexity index is 486. The van der Waals surface area contributed by atoms with E-state index in [0.717, 1.165) is 4.90 Å². The molecule has 0 saturated carbocycles. The van der Waals surface area contributed by atoms with Crippen LogP contribution in [-0.2, 0) is 23.9 Å². The fraction of sp³-hybridized carbons (Fsp3) is 0.571. The summed E-state index contributed by atoms with van der Waals surface area (Å²) in [6.45, 7) is 0. The van der Waals surface area contributed by atoms with Crippen LogP contribution in [0.4, 0.5) is 0 Å². The third-order valence-corrected chi connectivity index (χ3v) is 3.99. The largest absolute Gasteiger partial charge is 0.480 e. The maximum Gasteiger partial charge on any atom is 0.326 e. The van der Waals surface area contributed by atoms with Crippen LogP contribution in [-0.4, -0.2) is 46.9 Å². The number of hydrogen-bond donors (Lipinski definition) is 1. The minimum Gasteiger partial charge on any atom is -0.480 e. The van der Waals surface area contributed by atoms with Gasteiger partial charge in [0, 0.05) is 6.42 Å². The van der Waals surface area contributed by atoms with E-state index in [4.69, 9.17) is 0 Å². The molecule has 21 heavy (non-hydrogen) atoms. The minimum absolute atomic E-state index is 0.133. The van der Waals surface area contributed by atoms with E-state index in [1.54, 1.807) is 0 Å². The second kappa shape index (κ2) is 6.07. The maximum absolute atomic E-state index is 12.3. The number of fused-ring (bicyclic) bond motifs is 1. The van der Waals surface area contributed by atoms with E-state index in [9.17, 15) is 24.3 Å². The van der Waals surface area contributed by atoms with Crippen LogP contribution in [0.2, 0.25) is 0 Å². The van der Waals surface area contributed by atoms with Crippen molar-refractivity contribution in [3.05, 3.63) is 12.2 Å². The number of allylic oxidation sites excluding steroid dienone is 2. The first-order valence-electron chi connectivity index (χ1n) is 6.79. The van der Waals surface area contributed by atoms with Crippen molar-refractivity contribution >= 4 is 23.8 Å². The average Bonchev–Trinajstić information content (AvgIpc) is 2.72. The molecule has 114 valence electrons. The molecule has 0 aromatic carbocycles. The molecule has 3 atom stereocenters. The van der Waals surface area contributed by atoms with Crippen LogP contribution in [0.25, 0.3) is 0 Å². The first-order chi connectivity index (χ1) is 9.97. The average molecular weight is 295 g/mol. The van der Waals surface area contributed by atoms with Gasteiger partial charge >= 0.3 is 11.9 Å². The number of imide groups is 1. The number of nitrogens with zero attached hydrogens (tertiary/aromatic N) is 1. The molecule has 1 fully saturated rings. The molecule has 0 aromatic heterocycles. The molecule has 2 amide bonds. The molecule has 0 spiro atoms. The van der Waals surface area contributed by atoms with Gasteiger partial charge in [-0.3, -0.25) is 19.3 Å². The van der Waals surface area contributed by atoms with Crippen molar-refractivity contribution in [2.24, 2.45) is 11.8 Å². The highest BCUT2D eigenvalue weighted by molar-refractivity contribution is 6.08. The second-order valence-corrected chi connectivity index (χ2v) is 5.17. The summed E-state index contributed by atoms with van der Waals surface area (Å²) in [7, 11) is 1.20. The Labute approximate surface area is 121 Å². The molecular formula is C14H17NO6. The summed E-state index contributed by atoms with van der Waals surface area (Å²) < 4.78 is 4.46. The Kier molecular flexibility index (Phi) is 4.40. The van der Waals surface area contributed by atoms with E-state index in [2.05, 4.69) is 4.74 Å². The van der Waals surface area contributed by atoms with Crippen LogP contribution in [0, 0.1) is 11.8 Å². The van der Waals surface area contributed by atoms with E-state index in [1.807, 2.05) is 12.2 Å². The van der Waals surface area contributed by atoms with Crippen LogP contribution in [0.3, 0.4) is 0 Å². The number of carbonyl (C=O) groups excluding carboxylic acids is 3. The highest BCUT2D eigenvalue weighted by Gasteiger charge is 2.51. The number of carboxylic acids is 1. The van der Waals surface area contributed by atoms with Crippen LogP contribution in [0.15, 0.2) is 12.2 Å². The predicted octanol–water partition coefficient (Wildman–Crippen LogP) is 0.344. The second-order valence-electron chi connectivity index (χ2n) is 5.17. The normalized spacial score (nSPS) is 25.7. The lowest BCUT2D eigenvalue weighted by atomic mass is 9.85. The number of esters is 1. The summed E-state index contributed by atoms with van der Waals surface area (Å²) in [5.74, 6) is -3.70. The molecule has 7 heteroatoms. The van der Waals surface area contributed by atoms with Crippen molar-refractivity contribution < 1.29 is 29.0 Å². The van der Waals surface area contributed by atoms with Gasteiger partial charge in [0.15, 0.2) is 0 Å². The molecule has 0 radical (unpaired) electrons. The summed E-state index contributed by atoms with van der Waals surface area (Å²) >= 11 is 0. The van der Waals surface area contributed by atoms with E-state index in [0.29, 0.717) is 12.8 Å². The Hall–Kier alpha value is -2.18. The number of carboxylic acid groups (broad SMARTS) is 1. The fourth-order valence-electron chi connectivity index (χ4n) is 2.85. The van der Waals surface area contributed by atoms with Crippen LogP contribution >= 0.6 is 0 Å². The summed E-state index contributed by atoms with van der Waals surface area (Å²) in [6, 6.07) is -1.31. The number of amides is 2. The highest BCUT2D eigenvalue weighted by atomic mass is 16.5. The number of rotatable bonds is 5. The van der Waals surface area contributed by atoms with E-state index < -0.39 is 41.6 Å². The van der Waals surface area contributed by atoms with Crippen molar-refractivity contribution in [1.82, 2.24) is 4.90 Å². The predicted molar refractivity (Wildman–Crippen MR) is 69.9 cm³/mol. The first kappa shape index (κ1) is 15.2. The lowest BCUT2D eigenvalue weighted by molar-refractivity contribution is -0.156. The molecule has 0 bridgehead atoms. The van der Waals surface area contributed by atoms with E-state index in [-0.39, 0.29) is 12.8 Å². The zero-order valence-electron chi connectivity index (χ0n) is 11.7. The number of methoxy groups -OCH3 is 1. The van der Waals surface area contributed by atoms with E-state index >= 15 is 0 Å². The maximum atomic E-state index is 12.3. The van der Waals surface area contributed by atoms with Crippen molar-refractivity contribution in [3.8, 4) is 0 Å². The van der Waals surface area contributed by atoms with Gasteiger partial charge in [0.05, 0.1) is 18.9 Å². The molecule has 1 aliphatic carbocycles. The molecule has 1 heterocycles. The number of aliphatic carboxylic acids is 1. The Balaban J connectivity index is 2.17. The van der Waals surface area contributed by atoms with Gasteiger partial charge < -0.3 is 9.84 Å². The van der Waals surface area contributed by atoms with Crippen molar-refractivity contribution in [1.29, 1.82) is 0 Å². The summed E-state index contributed by atoms with van der Waals surface area (Å²) in [4.78, 5) is 48.0. The Morgan fingerprint density at radius 2 is 1.81 bits per heavy atom. The SMILES string of the molecule is COC(=O)CCC(C(=O)O)N1C(=O)C2CC=CCC2C1=O. The number of hydrogen-bond acceptors (Lipinski definition) is 5. The minimum atomic E-state index is -1.31. The molecular weight excluding hydrogens is 278 g/mol. The molecule has 2 aliphatic rings. The van der Waals surface area contributed by atoms with Gasteiger partial charge in [-0.05, 0) is 19.3 Å². The number of carbonyl (C=O) groups is 4. The van der Waals surface area contributed by atoms with Gasteiger partial charge in [-0.2, -0.15) is 0 Å². The smallest absolute Gasteiger partial charge is 0.326 e. The van der Waals surface area contributed by atoms with Gasteiger partial charge in [-0.15, -0.1) is 0 Å². The Morgan fingerprint density at radius 1 is 1.29 bits per heavy atom. The van der Waals surface area contributed by atoms with Crippen LogP contribution < -0.4 is 0 Å². The topological polar surface area (TPSA) is 101 Å². The number of ether oxygens (including phenoxy) is 1.